The molecule has 0 bridgehead atoms. The van der Waals surface area contributed by atoms with E-state index in [9.17, 15) is 5.11 Å². The predicted octanol–water partition coefficient (Wildman–Crippen LogP) is 2.78. The first-order valence-corrected chi connectivity index (χ1v) is 7.68. The molecule has 0 aliphatic carbocycles. The van der Waals surface area contributed by atoms with Gasteiger partial charge in [-0.15, -0.1) is 0 Å². The zero-order chi connectivity index (χ0) is 15.1. The molecule has 0 radical (unpaired) electrons. The van der Waals surface area contributed by atoms with Gasteiger partial charge in [0.2, 0.25) is 0 Å². The van der Waals surface area contributed by atoms with Gasteiger partial charge in [0.1, 0.15) is 0 Å². The lowest BCUT2D eigenvalue weighted by Crippen LogP contribution is -2.27. The topological polar surface area (TPSA) is 41.3 Å². The minimum Gasteiger partial charge on any atom is -0.395 e. The Bertz CT molecular complexity index is 536. The molecule has 0 aliphatic rings. The third-order valence-electron chi connectivity index (χ3n) is 3.66. The third kappa shape index (κ3) is 4.41. The fraction of sp³-hybridized carbons (Fsp3) is 0.471. The Balaban J connectivity index is 2.11. The summed E-state index contributed by atoms with van der Waals surface area (Å²) in [7, 11) is 0. The molecule has 4 nitrogen and oxygen atoms in total. The summed E-state index contributed by atoms with van der Waals surface area (Å²) >= 11 is 0. The number of aliphatic hydroxyl groups is 1. The van der Waals surface area contributed by atoms with Crippen molar-refractivity contribution in [1.82, 2.24) is 14.7 Å². The molecule has 1 aromatic carbocycles. The molecular weight excluding hydrogens is 262 g/mol. The Hall–Kier alpha value is -1.65. The fourth-order valence-electron chi connectivity index (χ4n) is 2.40. The molecule has 0 amide bonds. The molecule has 0 unspecified atom stereocenters. The highest BCUT2D eigenvalue weighted by atomic mass is 16.3. The molecule has 0 atom stereocenters. The summed E-state index contributed by atoms with van der Waals surface area (Å²) < 4.78 is 1.93. The van der Waals surface area contributed by atoms with E-state index in [0.717, 1.165) is 37.4 Å². The van der Waals surface area contributed by atoms with Crippen LogP contribution in [0.25, 0.3) is 5.69 Å². The zero-order valence-electron chi connectivity index (χ0n) is 13.0. The Morgan fingerprint density at radius 1 is 1.19 bits per heavy atom. The molecule has 0 saturated heterocycles. The van der Waals surface area contributed by atoms with Gasteiger partial charge in [0, 0.05) is 24.8 Å². The van der Waals surface area contributed by atoms with Gasteiger partial charge >= 0.3 is 0 Å². The quantitative estimate of drug-likeness (QED) is 0.811. The lowest BCUT2D eigenvalue weighted by Gasteiger charge is -2.20. The van der Waals surface area contributed by atoms with E-state index in [-0.39, 0.29) is 6.61 Å². The van der Waals surface area contributed by atoms with E-state index >= 15 is 0 Å². The number of nitrogens with zero attached hydrogens (tertiary/aromatic N) is 3. The van der Waals surface area contributed by atoms with Crippen LogP contribution in [0.3, 0.4) is 0 Å². The normalized spacial score (nSPS) is 11.2. The van der Waals surface area contributed by atoms with Crippen molar-refractivity contribution < 1.29 is 5.11 Å². The van der Waals surface area contributed by atoms with Gasteiger partial charge in [0.15, 0.2) is 0 Å². The van der Waals surface area contributed by atoms with E-state index < -0.39 is 0 Å². The van der Waals surface area contributed by atoms with Crippen LogP contribution in [-0.4, -0.2) is 39.5 Å². The predicted molar refractivity (Wildman–Crippen MR) is 85.6 cm³/mol. The molecule has 0 spiro atoms. The molecular formula is C17H25N3O. The Morgan fingerprint density at radius 2 is 1.95 bits per heavy atom. The van der Waals surface area contributed by atoms with Crippen LogP contribution in [0.2, 0.25) is 0 Å². The van der Waals surface area contributed by atoms with Crippen LogP contribution in [-0.2, 0) is 6.54 Å². The van der Waals surface area contributed by atoms with Crippen LogP contribution in [0.15, 0.2) is 36.5 Å². The second-order valence-corrected chi connectivity index (χ2v) is 5.37. The molecule has 2 rings (SSSR count). The molecule has 1 heterocycles. The summed E-state index contributed by atoms with van der Waals surface area (Å²) in [5.74, 6) is 0. The maximum absolute atomic E-state index is 9.20. The molecule has 21 heavy (non-hydrogen) atoms. The van der Waals surface area contributed by atoms with Crippen LogP contribution < -0.4 is 0 Å². The first kappa shape index (κ1) is 15.7. The van der Waals surface area contributed by atoms with Crippen LogP contribution in [0.5, 0.6) is 0 Å². The summed E-state index contributed by atoms with van der Waals surface area (Å²) in [6.45, 7) is 7.03. The maximum atomic E-state index is 9.20. The van der Waals surface area contributed by atoms with Crippen LogP contribution in [0, 0.1) is 6.92 Å². The van der Waals surface area contributed by atoms with Crippen LogP contribution >= 0.6 is 0 Å². The second-order valence-electron chi connectivity index (χ2n) is 5.37. The summed E-state index contributed by atoms with van der Waals surface area (Å²) in [6, 6.07) is 10.2. The Kier molecular flexibility index (Phi) is 5.96. The highest BCUT2D eigenvalue weighted by molar-refractivity contribution is 5.32. The van der Waals surface area contributed by atoms with E-state index in [1.807, 2.05) is 29.8 Å². The van der Waals surface area contributed by atoms with E-state index in [4.69, 9.17) is 0 Å². The lowest BCUT2D eigenvalue weighted by atomic mass is 10.2. The van der Waals surface area contributed by atoms with Crippen molar-refractivity contribution in [3.8, 4) is 5.69 Å². The van der Waals surface area contributed by atoms with Crippen molar-refractivity contribution in [2.45, 2.75) is 33.2 Å². The summed E-state index contributed by atoms with van der Waals surface area (Å²) in [5, 5.41) is 13.8. The van der Waals surface area contributed by atoms with Crippen molar-refractivity contribution >= 4 is 0 Å². The SMILES string of the molecule is CCCCN(CCO)Cc1cn(-c2ccccc2)nc1C. The standard InChI is InChI=1S/C17H25N3O/c1-3-4-10-19(11-12-21)13-16-14-20(18-15(16)2)17-8-6-5-7-9-17/h5-9,14,21H,3-4,10-13H2,1-2H3. The monoisotopic (exact) mass is 287 g/mol. The van der Waals surface area contributed by atoms with Crippen molar-refractivity contribution in [3.05, 3.63) is 47.8 Å². The molecule has 0 fully saturated rings. The Labute approximate surface area is 127 Å². The molecule has 4 heteroatoms. The molecule has 2 aromatic rings. The van der Waals surface area contributed by atoms with Crippen LogP contribution in [0.1, 0.15) is 31.0 Å². The highest BCUT2D eigenvalue weighted by Gasteiger charge is 2.11. The molecule has 114 valence electrons. The van der Waals surface area contributed by atoms with Gasteiger partial charge in [-0.05, 0) is 32.0 Å². The minimum atomic E-state index is 0.204. The first-order chi connectivity index (χ1) is 10.2. The minimum absolute atomic E-state index is 0.204. The largest absolute Gasteiger partial charge is 0.395 e. The second kappa shape index (κ2) is 7.96. The van der Waals surface area contributed by atoms with Crippen LogP contribution in [0.4, 0.5) is 0 Å². The molecule has 1 N–H and O–H groups in total. The first-order valence-electron chi connectivity index (χ1n) is 7.68. The van der Waals surface area contributed by atoms with Gasteiger partial charge in [-0.1, -0.05) is 31.5 Å². The fourth-order valence-corrected chi connectivity index (χ4v) is 2.40. The zero-order valence-corrected chi connectivity index (χ0v) is 13.0. The molecule has 0 saturated carbocycles. The maximum Gasteiger partial charge on any atom is 0.0645 e. The number of hydrogen-bond acceptors (Lipinski definition) is 3. The summed E-state index contributed by atoms with van der Waals surface area (Å²) in [6.07, 6.45) is 4.43. The van der Waals surface area contributed by atoms with E-state index in [1.54, 1.807) is 0 Å². The lowest BCUT2D eigenvalue weighted by molar-refractivity contribution is 0.188. The summed E-state index contributed by atoms with van der Waals surface area (Å²) in [4.78, 5) is 2.29. The average Bonchev–Trinajstić information content (AvgIpc) is 2.87. The van der Waals surface area contributed by atoms with Gasteiger partial charge < -0.3 is 5.11 Å². The number of aliphatic hydroxyl groups excluding tert-OH is 1. The molecule has 0 aliphatic heterocycles. The van der Waals surface area contributed by atoms with Gasteiger partial charge in [-0.2, -0.15) is 5.10 Å². The van der Waals surface area contributed by atoms with Gasteiger partial charge in [-0.3, -0.25) is 4.90 Å². The van der Waals surface area contributed by atoms with Gasteiger partial charge in [0.25, 0.3) is 0 Å². The number of rotatable bonds is 8. The van der Waals surface area contributed by atoms with E-state index in [0.29, 0.717) is 0 Å². The van der Waals surface area contributed by atoms with E-state index in [2.05, 4.69) is 35.3 Å². The number of para-hydroxylation sites is 1. The van der Waals surface area contributed by atoms with Crippen molar-refractivity contribution in [2.24, 2.45) is 0 Å². The van der Waals surface area contributed by atoms with Crippen molar-refractivity contribution in [3.63, 3.8) is 0 Å². The smallest absolute Gasteiger partial charge is 0.0645 e. The number of hydrogen-bond donors (Lipinski definition) is 1. The number of unbranched alkanes of at least 4 members (excludes halogenated alkanes) is 1. The summed E-state index contributed by atoms with van der Waals surface area (Å²) in [5.41, 5.74) is 3.36. The van der Waals surface area contributed by atoms with Gasteiger partial charge in [0.05, 0.1) is 18.0 Å². The number of aryl methyl sites for hydroxylation is 1. The third-order valence-corrected chi connectivity index (χ3v) is 3.66. The van der Waals surface area contributed by atoms with Gasteiger partial charge in [-0.25, -0.2) is 4.68 Å². The number of benzene rings is 1. The average molecular weight is 287 g/mol. The highest BCUT2D eigenvalue weighted by Crippen LogP contribution is 2.14. The van der Waals surface area contributed by atoms with Crippen molar-refractivity contribution in [2.75, 3.05) is 19.7 Å². The molecule has 1 aromatic heterocycles. The Morgan fingerprint density at radius 3 is 2.62 bits per heavy atom. The van der Waals surface area contributed by atoms with Crippen molar-refractivity contribution in [1.29, 1.82) is 0 Å². The number of aromatic nitrogens is 2. The van der Waals surface area contributed by atoms with E-state index in [1.165, 1.54) is 12.0 Å².